The number of nitrogens with zero attached hydrogens (tertiary/aromatic N) is 5. The van der Waals surface area contributed by atoms with E-state index < -0.39 is 34.5 Å². The van der Waals surface area contributed by atoms with Crippen molar-refractivity contribution >= 4 is 32.9 Å². The average Bonchev–Trinajstić information content (AvgIpc) is 3.33. The van der Waals surface area contributed by atoms with Crippen molar-refractivity contribution in [1.82, 2.24) is 18.9 Å². The molecule has 0 aliphatic carbocycles. The zero-order chi connectivity index (χ0) is 28.4. The van der Waals surface area contributed by atoms with Crippen molar-refractivity contribution in [3.63, 3.8) is 0 Å². The molecule has 0 unspecified atom stereocenters. The van der Waals surface area contributed by atoms with Gasteiger partial charge >= 0.3 is 0 Å². The molecule has 1 aromatic carbocycles. The van der Waals surface area contributed by atoms with Crippen LogP contribution in [0.4, 0.5) is 26.1 Å². The summed E-state index contributed by atoms with van der Waals surface area (Å²) in [5.41, 5.74) is 8.34. The number of allylic oxidation sites excluding steroid dienone is 1. The van der Waals surface area contributed by atoms with Crippen LogP contribution in [0.5, 0.6) is 5.88 Å². The van der Waals surface area contributed by atoms with Gasteiger partial charge in [-0.15, -0.1) is 5.10 Å². The molecule has 0 saturated carbocycles. The molecule has 11 nitrogen and oxygen atoms in total. The number of methoxy groups -OCH3 is 1. The van der Waals surface area contributed by atoms with Crippen molar-refractivity contribution in [1.29, 1.82) is 5.53 Å². The van der Waals surface area contributed by atoms with Crippen molar-refractivity contribution in [2.75, 3.05) is 43.8 Å². The largest absolute Gasteiger partial charge is 0.479 e. The van der Waals surface area contributed by atoms with Gasteiger partial charge in [-0.2, -0.15) is 14.4 Å². The fourth-order valence-electron chi connectivity index (χ4n) is 4.70. The van der Waals surface area contributed by atoms with Gasteiger partial charge in [-0.05, 0) is 50.1 Å². The molecule has 1 saturated heterocycles. The SMILES string of the molecule is C/C=C/[C@]1(F)CN(S(C)(=O)=O)CC[C@H]1Nc1nc(OC)c2c(-c3ccc(N=N)c(N[C@@H](C)CF)c3)ccn2n1. The first-order valence-corrected chi connectivity index (χ1v) is 14.2. The lowest BCUT2D eigenvalue weighted by Gasteiger charge is -2.40. The van der Waals surface area contributed by atoms with Crippen LogP contribution >= 0.6 is 0 Å². The van der Waals surface area contributed by atoms with Crippen LogP contribution < -0.4 is 15.4 Å². The number of benzene rings is 1. The van der Waals surface area contributed by atoms with Crippen LogP contribution in [-0.4, -0.2) is 78.2 Å². The molecule has 39 heavy (non-hydrogen) atoms. The Balaban J connectivity index is 1.69. The highest BCUT2D eigenvalue weighted by Gasteiger charge is 2.45. The van der Waals surface area contributed by atoms with Gasteiger partial charge in [0.25, 0.3) is 0 Å². The van der Waals surface area contributed by atoms with Crippen molar-refractivity contribution in [3.8, 4) is 17.0 Å². The summed E-state index contributed by atoms with van der Waals surface area (Å²) in [6.45, 7) is 2.61. The van der Waals surface area contributed by atoms with Gasteiger partial charge in [-0.25, -0.2) is 27.2 Å². The molecule has 1 aliphatic heterocycles. The number of sulfonamides is 1. The van der Waals surface area contributed by atoms with E-state index in [9.17, 15) is 12.8 Å². The van der Waals surface area contributed by atoms with Gasteiger partial charge in [0.15, 0.2) is 5.67 Å². The van der Waals surface area contributed by atoms with Crippen LogP contribution in [0.2, 0.25) is 0 Å². The highest BCUT2D eigenvalue weighted by molar-refractivity contribution is 7.88. The van der Waals surface area contributed by atoms with E-state index in [2.05, 4.69) is 25.8 Å². The summed E-state index contributed by atoms with van der Waals surface area (Å²) in [5, 5.41) is 14.1. The summed E-state index contributed by atoms with van der Waals surface area (Å²) in [6.07, 6.45) is 5.89. The second kappa shape index (κ2) is 11.2. The van der Waals surface area contributed by atoms with Crippen LogP contribution in [0, 0.1) is 5.53 Å². The summed E-state index contributed by atoms with van der Waals surface area (Å²) in [4.78, 5) is 4.48. The van der Waals surface area contributed by atoms with Crippen LogP contribution in [0.1, 0.15) is 20.3 Å². The second-order valence-electron chi connectivity index (χ2n) is 9.52. The standard InChI is InChI=1S/C25H32F2N8O3S/c1-5-10-25(27)15-34(39(4,36)37)11-9-21(25)30-24-31-23(38-3)22-18(8-12-35(22)33-24)17-6-7-19(32-28)20(13-17)29-16(2)14-26/h5-8,10,12-13,16,21,28-29H,9,11,14-15H2,1-4H3,(H,30,33)/b10-5+,32-28?/t16-,21+,25-/m0/s1. The molecular formula is C25H32F2N8O3S. The number of hydrogen-bond donors (Lipinski definition) is 3. The topological polar surface area (TPSA) is 137 Å². The number of rotatable bonds is 10. The number of alkyl halides is 2. The molecule has 4 rings (SSSR count). The molecule has 1 aliphatic rings. The van der Waals surface area contributed by atoms with Crippen molar-refractivity contribution in [2.24, 2.45) is 5.11 Å². The van der Waals surface area contributed by atoms with Crippen molar-refractivity contribution in [2.45, 2.75) is 38.0 Å². The predicted octanol–water partition coefficient (Wildman–Crippen LogP) is 4.57. The third kappa shape index (κ3) is 5.86. The fourth-order valence-corrected chi connectivity index (χ4v) is 5.57. The van der Waals surface area contributed by atoms with Gasteiger partial charge in [0.2, 0.25) is 21.9 Å². The third-order valence-electron chi connectivity index (χ3n) is 6.62. The maximum atomic E-state index is 16.0. The highest BCUT2D eigenvalue weighted by atomic mass is 32.2. The van der Waals surface area contributed by atoms with E-state index in [0.29, 0.717) is 16.9 Å². The Hall–Kier alpha value is -3.65. The molecule has 210 valence electrons. The van der Waals surface area contributed by atoms with Gasteiger partial charge in [0.05, 0.1) is 37.7 Å². The summed E-state index contributed by atoms with van der Waals surface area (Å²) < 4.78 is 61.5. The Morgan fingerprint density at radius 3 is 2.79 bits per heavy atom. The van der Waals surface area contributed by atoms with E-state index in [0.717, 1.165) is 21.7 Å². The summed E-state index contributed by atoms with van der Waals surface area (Å²) in [7, 11) is -2.09. The number of hydrogen-bond acceptors (Lipinski definition) is 9. The molecule has 0 bridgehead atoms. The lowest BCUT2D eigenvalue weighted by atomic mass is 9.89. The first-order valence-electron chi connectivity index (χ1n) is 12.3. The van der Waals surface area contributed by atoms with E-state index in [4.69, 9.17) is 10.3 Å². The van der Waals surface area contributed by atoms with Crippen LogP contribution in [-0.2, 0) is 10.0 Å². The van der Waals surface area contributed by atoms with Crippen molar-refractivity contribution < 1.29 is 21.9 Å². The van der Waals surface area contributed by atoms with E-state index in [1.54, 1.807) is 48.8 Å². The minimum absolute atomic E-state index is 0.119. The van der Waals surface area contributed by atoms with Gasteiger partial charge in [-0.3, -0.25) is 0 Å². The van der Waals surface area contributed by atoms with E-state index in [1.165, 1.54) is 13.2 Å². The number of nitrogens with one attached hydrogen (secondary N) is 3. The minimum Gasteiger partial charge on any atom is -0.479 e. The average molecular weight is 563 g/mol. The van der Waals surface area contributed by atoms with Gasteiger partial charge in [0.1, 0.15) is 17.9 Å². The Kier molecular flexibility index (Phi) is 8.16. The quantitative estimate of drug-likeness (QED) is 0.243. The maximum Gasteiger partial charge on any atom is 0.244 e. The summed E-state index contributed by atoms with van der Waals surface area (Å²) >= 11 is 0. The molecule has 0 radical (unpaired) electrons. The zero-order valence-corrected chi connectivity index (χ0v) is 23.0. The van der Waals surface area contributed by atoms with E-state index in [-0.39, 0.29) is 31.3 Å². The van der Waals surface area contributed by atoms with Crippen molar-refractivity contribution in [3.05, 3.63) is 42.6 Å². The molecule has 3 atom stereocenters. The smallest absolute Gasteiger partial charge is 0.244 e. The Morgan fingerprint density at radius 1 is 1.38 bits per heavy atom. The Bertz CT molecular complexity index is 1500. The molecule has 2 aromatic heterocycles. The summed E-state index contributed by atoms with van der Waals surface area (Å²) in [6, 6.07) is 5.78. The predicted molar refractivity (Wildman–Crippen MR) is 146 cm³/mol. The number of halogens is 2. The second-order valence-corrected chi connectivity index (χ2v) is 11.5. The Labute approximate surface area is 225 Å². The van der Waals surface area contributed by atoms with Gasteiger partial charge < -0.3 is 15.4 Å². The first kappa shape index (κ1) is 28.4. The molecule has 1 fully saturated rings. The monoisotopic (exact) mass is 562 g/mol. The minimum atomic E-state index is -3.55. The van der Waals surface area contributed by atoms with E-state index in [1.807, 2.05) is 6.07 Å². The lowest BCUT2D eigenvalue weighted by molar-refractivity contribution is 0.115. The van der Waals surface area contributed by atoms with Crippen LogP contribution in [0.25, 0.3) is 16.6 Å². The molecule has 3 N–H and O–H groups in total. The Morgan fingerprint density at radius 2 is 2.15 bits per heavy atom. The number of ether oxygens (including phenoxy) is 1. The number of piperidine rings is 1. The first-order chi connectivity index (χ1) is 18.5. The number of fused-ring (bicyclic) bond motifs is 1. The summed E-state index contributed by atoms with van der Waals surface area (Å²) in [5.74, 6) is 0.353. The molecule has 14 heteroatoms. The molecule has 0 spiro atoms. The van der Waals surface area contributed by atoms with Gasteiger partial charge in [0, 0.05) is 18.3 Å². The zero-order valence-electron chi connectivity index (χ0n) is 22.1. The third-order valence-corrected chi connectivity index (χ3v) is 7.86. The normalized spacial score (nSPS) is 21.2. The van der Waals surface area contributed by atoms with E-state index >= 15 is 4.39 Å². The van der Waals surface area contributed by atoms with Gasteiger partial charge in [-0.1, -0.05) is 12.1 Å². The van der Waals surface area contributed by atoms with Crippen LogP contribution in [0.3, 0.4) is 0 Å². The highest BCUT2D eigenvalue weighted by Crippen LogP contribution is 2.37. The molecule has 3 aromatic rings. The van der Waals surface area contributed by atoms with Crippen LogP contribution in [0.15, 0.2) is 47.7 Å². The number of anilines is 2. The molecule has 3 heterocycles. The number of aromatic nitrogens is 3. The molecular weight excluding hydrogens is 530 g/mol. The maximum absolute atomic E-state index is 16.0. The molecule has 0 amide bonds. The fraction of sp³-hybridized carbons (Fsp3) is 0.440. The lowest BCUT2D eigenvalue weighted by Crippen LogP contribution is -2.57.